The van der Waals surface area contributed by atoms with Crippen LogP contribution in [0.1, 0.15) is 11.1 Å². The van der Waals surface area contributed by atoms with Crippen LogP contribution >= 0.6 is 0 Å². The third-order valence-electron chi connectivity index (χ3n) is 3.71. The number of nitrogens with zero attached hydrogens (tertiary/aromatic N) is 1. The molecule has 5 heteroatoms. The molecular formula is C17H18N2O2S. The van der Waals surface area contributed by atoms with Crippen molar-refractivity contribution < 1.29 is 8.42 Å². The lowest BCUT2D eigenvalue weighted by molar-refractivity contribution is 0.597. The Labute approximate surface area is 130 Å². The Morgan fingerprint density at radius 2 is 1.73 bits per heavy atom. The maximum Gasteiger partial charge on any atom is 0.209 e. The Morgan fingerprint density at radius 1 is 0.955 bits per heavy atom. The van der Waals surface area contributed by atoms with Crippen molar-refractivity contribution in [1.82, 2.24) is 4.57 Å². The van der Waals surface area contributed by atoms with Gasteiger partial charge in [-0.05, 0) is 41.1 Å². The summed E-state index contributed by atoms with van der Waals surface area (Å²) in [6, 6.07) is 18.4. The van der Waals surface area contributed by atoms with E-state index in [1.54, 1.807) is 0 Å². The van der Waals surface area contributed by atoms with Crippen LogP contribution in [0.15, 0.2) is 60.8 Å². The average molecular weight is 314 g/mol. The zero-order chi connectivity index (χ0) is 15.6. The van der Waals surface area contributed by atoms with E-state index in [0.717, 1.165) is 23.0 Å². The number of aryl methyl sites for hydroxylation is 1. The molecule has 3 aromatic rings. The Balaban J connectivity index is 1.83. The second-order valence-corrected chi connectivity index (χ2v) is 7.17. The first-order chi connectivity index (χ1) is 10.5. The van der Waals surface area contributed by atoms with Crippen LogP contribution < -0.4 is 5.14 Å². The van der Waals surface area contributed by atoms with Crippen LogP contribution in [0.4, 0.5) is 0 Å². The molecule has 0 amide bonds. The molecule has 3 rings (SSSR count). The van der Waals surface area contributed by atoms with E-state index >= 15 is 0 Å². The smallest absolute Gasteiger partial charge is 0.209 e. The van der Waals surface area contributed by atoms with Crippen molar-refractivity contribution in [2.75, 3.05) is 5.75 Å². The molecule has 0 aliphatic heterocycles. The van der Waals surface area contributed by atoms with Gasteiger partial charge >= 0.3 is 0 Å². The summed E-state index contributed by atoms with van der Waals surface area (Å²) in [5, 5.41) is 6.17. The SMILES string of the molecule is NS(=O)(=O)CCc1ccc2c(ccn2Cc2ccccc2)c1. The summed E-state index contributed by atoms with van der Waals surface area (Å²) in [7, 11) is -3.42. The lowest BCUT2D eigenvalue weighted by Gasteiger charge is -2.06. The summed E-state index contributed by atoms with van der Waals surface area (Å²) < 4.78 is 24.3. The fourth-order valence-corrected chi connectivity index (χ4v) is 3.10. The van der Waals surface area contributed by atoms with Crippen LogP contribution in [0, 0.1) is 0 Å². The second kappa shape index (κ2) is 5.94. The van der Waals surface area contributed by atoms with Gasteiger partial charge in [0.25, 0.3) is 0 Å². The highest BCUT2D eigenvalue weighted by Gasteiger charge is 2.06. The molecule has 0 fully saturated rings. The number of primary sulfonamides is 1. The maximum absolute atomic E-state index is 11.0. The predicted octanol–water partition coefficient (Wildman–Crippen LogP) is 2.52. The van der Waals surface area contributed by atoms with Crippen molar-refractivity contribution in [3.05, 3.63) is 71.9 Å². The third-order valence-corrected chi connectivity index (χ3v) is 4.48. The summed E-state index contributed by atoms with van der Waals surface area (Å²) in [5.74, 6) is -0.0246. The van der Waals surface area contributed by atoms with Gasteiger partial charge in [0.2, 0.25) is 10.0 Å². The number of benzene rings is 2. The monoisotopic (exact) mass is 314 g/mol. The summed E-state index contributed by atoms with van der Waals surface area (Å²) >= 11 is 0. The van der Waals surface area contributed by atoms with Crippen LogP contribution in [0.25, 0.3) is 10.9 Å². The molecule has 0 radical (unpaired) electrons. The molecule has 1 aromatic heterocycles. The predicted molar refractivity (Wildman–Crippen MR) is 89.2 cm³/mol. The van der Waals surface area contributed by atoms with Crippen molar-refractivity contribution in [3.8, 4) is 0 Å². The largest absolute Gasteiger partial charge is 0.343 e. The van der Waals surface area contributed by atoms with Gasteiger partial charge < -0.3 is 4.57 Å². The summed E-state index contributed by atoms with van der Waals surface area (Å²) in [4.78, 5) is 0. The minimum Gasteiger partial charge on any atom is -0.343 e. The first-order valence-electron chi connectivity index (χ1n) is 7.13. The number of hydrogen-bond acceptors (Lipinski definition) is 2. The number of aromatic nitrogens is 1. The van der Waals surface area contributed by atoms with E-state index in [1.165, 1.54) is 5.56 Å². The molecule has 2 N–H and O–H groups in total. The van der Waals surface area contributed by atoms with E-state index in [9.17, 15) is 8.42 Å². The zero-order valence-corrected chi connectivity index (χ0v) is 13.0. The number of fused-ring (bicyclic) bond motifs is 1. The van der Waals surface area contributed by atoms with Crippen molar-refractivity contribution in [3.63, 3.8) is 0 Å². The molecule has 2 aromatic carbocycles. The fourth-order valence-electron chi connectivity index (χ4n) is 2.58. The van der Waals surface area contributed by atoms with Gasteiger partial charge in [-0.3, -0.25) is 0 Å². The molecule has 0 aliphatic rings. The van der Waals surface area contributed by atoms with Crippen LogP contribution in [0.2, 0.25) is 0 Å². The van der Waals surface area contributed by atoms with Gasteiger partial charge in [-0.25, -0.2) is 13.6 Å². The van der Waals surface area contributed by atoms with E-state index in [0.29, 0.717) is 6.42 Å². The molecular weight excluding hydrogens is 296 g/mol. The topological polar surface area (TPSA) is 65.1 Å². The minimum absolute atomic E-state index is 0.0246. The molecule has 0 aliphatic carbocycles. The van der Waals surface area contributed by atoms with Gasteiger partial charge in [0, 0.05) is 18.3 Å². The van der Waals surface area contributed by atoms with E-state index in [1.807, 2.05) is 36.4 Å². The van der Waals surface area contributed by atoms with Gasteiger partial charge in [0.15, 0.2) is 0 Å². The van der Waals surface area contributed by atoms with Crippen molar-refractivity contribution in [2.24, 2.45) is 5.14 Å². The normalized spacial score (nSPS) is 11.9. The van der Waals surface area contributed by atoms with Gasteiger partial charge in [-0.1, -0.05) is 36.4 Å². The molecule has 0 saturated carbocycles. The lowest BCUT2D eigenvalue weighted by Crippen LogP contribution is -2.17. The van der Waals surface area contributed by atoms with Crippen molar-refractivity contribution in [2.45, 2.75) is 13.0 Å². The van der Waals surface area contributed by atoms with Gasteiger partial charge in [-0.2, -0.15) is 0 Å². The number of rotatable bonds is 5. The Hall–Kier alpha value is -2.11. The van der Waals surface area contributed by atoms with E-state index in [4.69, 9.17) is 5.14 Å². The molecule has 0 unspecified atom stereocenters. The highest BCUT2D eigenvalue weighted by atomic mass is 32.2. The van der Waals surface area contributed by atoms with Crippen LogP contribution in [-0.4, -0.2) is 18.7 Å². The van der Waals surface area contributed by atoms with Gasteiger partial charge in [0.1, 0.15) is 0 Å². The van der Waals surface area contributed by atoms with Crippen molar-refractivity contribution >= 4 is 20.9 Å². The van der Waals surface area contributed by atoms with E-state index in [-0.39, 0.29) is 5.75 Å². The molecule has 0 spiro atoms. The second-order valence-electron chi connectivity index (χ2n) is 5.44. The standard InChI is InChI=1S/C17H18N2O2S/c18-22(20,21)11-9-14-6-7-17-16(12-14)8-10-19(17)13-15-4-2-1-3-5-15/h1-8,10,12H,9,11,13H2,(H2,18,20,21). The lowest BCUT2D eigenvalue weighted by atomic mass is 10.1. The van der Waals surface area contributed by atoms with Crippen LogP contribution in [-0.2, 0) is 23.0 Å². The average Bonchev–Trinajstić information content (AvgIpc) is 2.88. The minimum atomic E-state index is -3.42. The molecule has 114 valence electrons. The van der Waals surface area contributed by atoms with Crippen LogP contribution in [0.5, 0.6) is 0 Å². The number of nitrogens with two attached hydrogens (primary N) is 1. The zero-order valence-electron chi connectivity index (χ0n) is 12.1. The quantitative estimate of drug-likeness (QED) is 0.786. The van der Waals surface area contributed by atoms with Crippen molar-refractivity contribution in [1.29, 1.82) is 0 Å². The summed E-state index contributed by atoms with van der Waals surface area (Å²) in [6.45, 7) is 0.820. The molecule has 4 nitrogen and oxygen atoms in total. The third kappa shape index (κ3) is 3.55. The highest BCUT2D eigenvalue weighted by molar-refractivity contribution is 7.89. The maximum atomic E-state index is 11.0. The van der Waals surface area contributed by atoms with Crippen LogP contribution in [0.3, 0.4) is 0 Å². The highest BCUT2D eigenvalue weighted by Crippen LogP contribution is 2.19. The molecule has 0 saturated heterocycles. The first kappa shape index (κ1) is 14.8. The molecule has 22 heavy (non-hydrogen) atoms. The Kier molecular flexibility index (Phi) is 4.00. The summed E-state index contributed by atoms with van der Waals surface area (Å²) in [5.41, 5.74) is 3.38. The Bertz CT molecular complexity index is 883. The number of hydrogen-bond donors (Lipinski definition) is 1. The van der Waals surface area contributed by atoms with E-state index < -0.39 is 10.0 Å². The number of sulfonamides is 1. The Morgan fingerprint density at radius 3 is 2.45 bits per heavy atom. The first-order valence-corrected chi connectivity index (χ1v) is 8.85. The molecule has 1 heterocycles. The van der Waals surface area contributed by atoms with Gasteiger partial charge in [-0.15, -0.1) is 0 Å². The van der Waals surface area contributed by atoms with E-state index in [2.05, 4.69) is 29.0 Å². The summed E-state index contributed by atoms with van der Waals surface area (Å²) in [6.07, 6.45) is 2.50. The fraction of sp³-hybridized carbons (Fsp3) is 0.176. The molecule has 0 atom stereocenters. The molecule has 0 bridgehead atoms. The van der Waals surface area contributed by atoms with Gasteiger partial charge in [0.05, 0.1) is 5.75 Å².